The molecule has 1 atom stereocenters. The second kappa shape index (κ2) is 8.97. The predicted octanol–water partition coefficient (Wildman–Crippen LogP) is 3.10. The highest BCUT2D eigenvalue weighted by Crippen LogP contribution is 2.24. The summed E-state index contributed by atoms with van der Waals surface area (Å²) in [5, 5.41) is 0.468. The van der Waals surface area contributed by atoms with Crippen LogP contribution >= 0.6 is 11.6 Å². The summed E-state index contributed by atoms with van der Waals surface area (Å²) in [5.41, 5.74) is 0.578. The minimum atomic E-state index is -0.652. The van der Waals surface area contributed by atoms with Crippen molar-refractivity contribution in [2.24, 2.45) is 0 Å². The summed E-state index contributed by atoms with van der Waals surface area (Å²) in [5.74, 6) is 0.946. The average Bonchev–Trinajstić information content (AvgIpc) is 2.74. The number of halogens is 1. The second-order valence-electron chi connectivity index (χ2n) is 6.54. The van der Waals surface area contributed by atoms with Gasteiger partial charge in [-0.1, -0.05) is 29.8 Å². The van der Waals surface area contributed by atoms with Crippen molar-refractivity contribution in [3.8, 4) is 11.5 Å². The molecule has 1 saturated heterocycles. The number of methoxy groups -OCH3 is 1. The van der Waals surface area contributed by atoms with Crippen molar-refractivity contribution in [2.45, 2.75) is 13.0 Å². The third kappa shape index (κ3) is 4.57. The van der Waals surface area contributed by atoms with E-state index in [1.807, 2.05) is 0 Å². The molecule has 0 aliphatic carbocycles. The Bertz CT molecular complexity index is 850. The van der Waals surface area contributed by atoms with E-state index >= 15 is 0 Å². The van der Waals surface area contributed by atoms with Crippen LogP contribution in [-0.2, 0) is 4.79 Å². The van der Waals surface area contributed by atoms with E-state index in [0.29, 0.717) is 48.3 Å². The molecule has 0 spiro atoms. The highest BCUT2D eigenvalue weighted by molar-refractivity contribution is 6.32. The maximum absolute atomic E-state index is 12.7. The lowest BCUT2D eigenvalue weighted by Crippen LogP contribution is -2.53. The topological polar surface area (TPSA) is 59.1 Å². The van der Waals surface area contributed by atoms with Crippen LogP contribution in [0.5, 0.6) is 11.5 Å². The lowest BCUT2D eigenvalue weighted by molar-refractivity contribution is -0.139. The van der Waals surface area contributed by atoms with E-state index in [9.17, 15) is 9.59 Å². The zero-order chi connectivity index (χ0) is 20.1. The van der Waals surface area contributed by atoms with Gasteiger partial charge in [-0.25, -0.2) is 0 Å². The van der Waals surface area contributed by atoms with Crippen molar-refractivity contribution in [2.75, 3.05) is 33.3 Å². The molecule has 1 aliphatic heterocycles. The molecule has 28 heavy (non-hydrogen) atoms. The zero-order valence-corrected chi connectivity index (χ0v) is 16.7. The Balaban J connectivity index is 1.56. The van der Waals surface area contributed by atoms with Gasteiger partial charge in [0.1, 0.15) is 11.5 Å². The monoisotopic (exact) mass is 402 g/mol. The summed E-state index contributed by atoms with van der Waals surface area (Å²) in [4.78, 5) is 28.8. The maximum atomic E-state index is 12.7. The van der Waals surface area contributed by atoms with Gasteiger partial charge in [-0.2, -0.15) is 0 Å². The van der Waals surface area contributed by atoms with Crippen LogP contribution in [0.3, 0.4) is 0 Å². The van der Waals surface area contributed by atoms with Crippen LogP contribution in [0, 0.1) is 0 Å². The lowest BCUT2D eigenvalue weighted by Gasteiger charge is -2.36. The van der Waals surface area contributed by atoms with Crippen LogP contribution in [0.4, 0.5) is 0 Å². The van der Waals surface area contributed by atoms with E-state index in [2.05, 4.69) is 0 Å². The third-order valence-electron chi connectivity index (χ3n) is 4.68. The number of carbonyl (C=O) groups is 2. The van der Waals surface area contributed by atoms with Crippen molar-refractivity contribution in [3.05, 3.63) is 59.1 Å². The summed E-state index contributed by atoms with van der Waals surface area (Å²) in [6, 6.07) is 14.1. The van der Waals surface area contributed by atoms with Gasteiger partial charge in [-0.05, 0) is 37.3 Å². The standard InChI is InChI=1S/C21H23ClN2O4/c1-15(28-19-9-4-3-8-18(19)22)20(25)23-10-12-24(13-11-23)21(26)16-6-5-7-17(14-16)27-2/h3-9,14-15H,10-13H2,1-2H3. The van der Waals surface area contributed by atoms with Gasteiger partial charge < -0.3 is 19.3 Å². The number of hydrogen-bond donors (Lipinski definition) is 0. The number of nitrogens with zero attached hydrogens (tertiary/aromatic N) is 2. The number of carbonyl (C=O) groups excluding carboxylic acids is 2. The van der Waals surface area contributed by atoms with Crippen LogP contribution < -0.4 is 9.47 Å². The molecule has 2 aromatic carbocycles. The Morgan fingerprint density at radius 3 is 2.36 bits per heavy atom. The number of amides is 2. The molecule has 1 fully saturated rings. The zero-order valence-electron chi connectivity index (χ0n) is 15.9. The molecule has 0 bridgehead atoms. The minimum Gasteiger partial charge on any atom is -0.497 e. The molecule has 1 heterocycles. The van der Waals surface area contributed by atoms with Gasteiger partial charge in [-0.3, -0.25) is 9.59 Å². The van der Waals surface area contributed by atoms with Gasteiger partial charge >= 0.3 is 0 Å². The number of benzene rings is 2. The molecule has 6 nitrogen and oxygen atoms in total. The molecule has 0 radical (unpaired) electrons. The molecule has 0 saturated carbocycles. The molecule has 7 heteroatoms. The molecule has 2 aromatic rings. The van der Waals surface area contributed by atoms with E-state index < -0.39 is 6.10 Å². The SMILES string of the molecule is COc1cccc(C(=O)N2CCN(C(=O)C(C)Oc3ccccc3Cl)CC2)c1. The summed E-state index contributed by atoms with van der Waals surface area (Å²) >= 11 is 6.09. The molecule has 3 rings (SSSR count). The fourth-order valence-corrected chi connectivity index (χ4v) is 3.29. The normalized spacial score (nSPS) is 15.1. The summed E-state index contributed by atoms with van der Waals surface area (Å²) in [6.45, 7) is 3.58. The minimum absolute atomic E-state index is 0.0636. The Labute approximate surface area is 169 Å². The van der Waals surface area contributed by atoms with Crippen LogP contribution in [0.15, 0.2) is 48.5 Å². The molecular formula is C21H23ClN2O4. The van der Waals surface area contributed by atoms with Gasteiger partial charge in [0.25, 0.3) is 11.8 Å². The van der Waals surface area contributed by atoms with Crippen LogP contribution in [-0.4, -0.2) is 61.0 Å². The van der Waals surface area contributed by atoms with Crippen molar-refractivity contribution in [1.29, 1.82) is 0 Å². The highest BCUT2D eigenvalue weighted by atomic mass is 35.5. The Morgan fingerprint density at radius 1 is 1.00 bits per heavy atom. The summed E-state index contributed by atoms with van der Waals surface area (Å²) in [7, 11) is 1.57. The van der Waals surface area contributed by atoms with Crippen LogP contribution in [0.25, 0.3) is 0 Å². The third-order valence-corrected chi connectivity index (χ3v) is 5.00. The van der Waals surface area contributed by atoms with Gasteiger partial charge in [0.05, 0.1) is 12.1 Å². The predicted molar refractivity (Wildman–Crippen MR) is 107 cm³/mol. The number of piperazine rings is 1. The van der Waals surface area contributed by atoms with E-state index in [1.165, 1.54) is 0 Å². The smallest absolute Gasteiger partial charge is 0.263 e. The molecule has 148 valence electrons. The van der Waals surface area contributed by atoms with Crippen molar-refractivity contribution >= 4 is 23.4 Å². The number of para-hydroxylation sites is 1. The Kier molecular flexibility index (Phi) is 6.41. The van der Waals surface area contributed by atoms with Gasteiger partial charge in [-0.15, -0.1) is 0 Å². The molecule has 0 N–H and O–H groups in total. The van der Waals surface area contributed by atoms with Gasteiger partial charge in [0, 0.05) is 31.7 Å². The van der Waals surface area contributed by atoms with E-state index in [4.69, 9.17) is 21.1 Å². The Morgan fingerprint density at radius 2 is 1.68 bits per heavy atom. The fraction of sp³-hybridized carbons (Fsp3) is 0.333. The number of hydrogen-bond acceptors (Lipinski definition) is 4. The first-order chi connectivity index (χ1) is 13.5. The molecular weight excluding hydrogens is 380 g/mol. The van der Waals surface area contributed by atoms with E-state index in [-0.39, 0.29) is 11.8 Å². The van der Waals surface area contributed by atoms with Crippen LogP contribution in [0.2, 0.25) is 5.02 Å². The van der Waals surface area contributed by atoms with Gasteiger partial charge in [0.2, 0.25) is 0 Å². The fourth-order valence-electron chi connectivity index (χ4n) is 3.11. The first-order valence-electron chi connectivity index (χ1n) is 9.13. The van der Waals surface area contributed by atoms with Crippen LogP contribution in [0.1, 0.15) is 17.3 Å². The number of ether oxygens (including phenoxy) is 2. The molecule has 2 amide bonds. The second-order valence-corrected chi connectivity index (χ2v) is 6.95. The summed E-state index contributed by atoms with van der Waals surface area (Å²) in [6.07, 6.45) is -0.652. The van der Waals surface area contributed by atoms with E-state index in [0.717, 1.165) is 0 Å². The molecule has 1 unspecified atom stereocenters. The number of rotatable bonds is 5. The van der Waals surface area contributed by atoms with E-state index in [1.54, 1.807) is 72.4 Å². The van der Waals surface area contributed by atoms with Gasteiger partial charge in [0.15, 0.2) is 6.10 Å². The molecule has 1 aliphatic rings. The largest absolute Gasteiger partial charge is 0.497 e. The first kappa shape index (κ1) is 20.0. The molecule has 0 aromatic heterocycles. The van der Waals surface area contributed by atoms with Crippen molar-refractivity contribution in [1.82, 2.24) is 9.80 Å². The first-order valence-corrected chi connectivity index (χ1v) is 9.50. The summed E-state index contributed by atoms with van der Waals surface area (Å²) < 4.78 is 10.9. The quantitative estimate of drug-likeness (QED) is 0.771. The highest BCUT2D eigenvalue weighted by Gasteiger charge is 2.28. The maximum Gasteiger partial charge on any atom is 0.263 e. The van der Waals surface area contributed by atoms with Crippen molar-refractivity contribution in [3.63, 3.8) is 0 Å². The average molecular weight is 403 g/mol. The lowest BCUT2D eigenvalue weighted by atomic mass is 10.1. The van der Waals surface area contributed by atoms with Crippen molar-refractivity contribution < 1.29 is 19.1 Å². The Hall–Kier alpha value is -2.73.